The van der Waals surface area contributed by atoms with Gasteiger partial charge in [-0.3, -0.25) is 0 Å². The lowest BCUT2D eigenvalue weighted by Gasteiger charge is -2.29. The first-order chi connectivity index (χ1) is 9.24. The summed E-state index contributed by atoms with van der Waals surface area (Å²) in [5, 5.41) is 8.90. The highest BCUT2D eigenvalue weighted by molar-refractivity contribution is 7.99. The summed E-state index contributed by atoms with van der Waals surface area (Å²) in [6.45, 7) is 0. The summed E-state index contributed by atoms with van der Waals surface area (Å²) < 4.78 is 0. The predicted octanol–water partition coefficient (Wildman–Crippen LogP) is 3.21. The third-order valence-electron chi connectivity index (χ3n) is 3.36. The van der Waals surface area contributed by atoms with Gasteiger partial charge in [0.15, 0.2) is 0 Å². The summed E-state index contributed by atoms with van der Waals surface area (Å²) in [7, 11) is 0. The Bertz CT molecular complexity index is 627. The molecule has 4 heteroatoms. The van der Waals surface area contributed by atoms with E-state index in [2.05, 4.69) is 29.2 Å². The number of nitrogens with zero attached hydrogens (tertiary/aromatic N) is 1. The molecule has 2 aromatic rings. The minimum absolute atomic E-state index is 0.110. The van der Waals surface area contributed by atoms with Crippen molar-refractivity contribution in [3.63, 3.8) is 0 Å². The number of rotatable bonds is 4. The van der Waals surface area contributed by atoms with E-state index in [-0.39, 0.29) is 5.69 Å². The Hall–Kier alpha value is -1.81. The maximum Gasteiger partial charge on any atom is 0.354 e. The second-order valence-electron chi connectivity index (χ2n) is 4.59. The lowest BCUT2D eigenvalue weighted by atomic mass is 9.79. The molecule has 0 saturated carbocycles. The molecule has 96 valence electrons. The molecule has 0 spiro atoms. The zero-order valence-electron chi connectivity index (χ0n) is 10.2. The molecular weight excluding hydrogens is 258 g/mol. The number of carboxylic acids is 1. The van der Waals surface area contributed by atoms with Crippen molar-refractivity contribution in [2.75, 3.05) is 5.75 Å². The van der Waals surface area contributed by atoms with Crippen LogP contribution in [-0.4, -0.2) is 21.8 Å². The molecule has 0 amide bonds. The third-order valence-corrected chi connectivity index (χ3v) is 4.52. The van der Waals surface area contributed by atoms with Crippen molar-refractivity contribution in [3.8, 4) is 0 Å². The van der Waals surface area contributed by atoms with Gasteiger partial charge in [0.05, 0.1) is 0 Å². The van der Waals surface area contributed by atoms with Crippen LogP contribution < -0.4 is 0 Å². The normalized spacial score (nSPS) is 16.5. The van der Waals surface area contributed by atoms with Gasteiger partial charge in [-0.1, -0.05) is 24.3 Å². The van der Waals surface area contributed by atoms with Gasteiger partial charge in [-0.05, 0) is 35.6 Å². The smallest absolute Gasteiger partial charge is 0.354 e. The monoisotopic (exact) mass is 271 g/mol. The van der Waals surface area contributed by atoms with Crippen molar-refractivity contribution in [2.45, 2.75) is 17.2 Å². The summed E-state index contributed by atoms with van der Waals surface area (Å²) >= 11 is 1.70. The van der Waals surface area contributed by atoms with Crippen molar-refractivity contribution in [1.29, 1.82) is 0 Å². The minimum atomic E-state index is -0.976. The molecule has 1 unspecified atom stereocenters. The summed E-state index contributed by atoms with van der Waals surface area (Å²) in [5.41, 5.74) is 2.98. The van der Waals surface area contributed by atoms with Crippen molar-refractivity contribution < 1.29 is 9.90 Å². The predicted molar refractivity (Wildman–Crippen MR) is 74.8 cm³/mol. The van der Waals surface area contributed by atoms with E-state index in [1.165, 1.54) is 11.1 Å². The number of thioether (sulfide) groups is 1. The van der Waals surface area contributed by atoms with Crippen LogP contribution >= 0.6 is 11.8 Å². The van der Waals surface area contributed by atoms with E-state index < -0.39 is 5.97 Å². The summed E-state index contributed by atoms with van der Waals surface area (Å²) in [6, 6.07) is 12.0. The van der Waals surface area contributed by atoms with E-state index >= 15 is 0 Å². The van der Waals surface area contributed by atoms with E-state index in [4.69, 9.17) is 5.11 Å². The molecule has 3 rings (SSSR count). The van der Waals surface area contributed by atoms with Crippen LogP contribution in [0.5, 0.6) is 0 Å². The minimum Gasteiger partial charge on any atom is -0.477 e. The number of hydrogen-bond donors (Lipinski definition) is 1. The molecule has 0 saturated heterocycles. The average Bonchev–Trinajstić information content (AvgIpc) is 2.40. The molecule has 1 aromatic carbocycles. The fourth-order valence-corrected chi connectivity index (χ4v) is 3.37. The van der Waals surface area contributed by atoms with E-state index in [0.29, 0.717) is 5.92 Å². The van der Waals surface area contributed by atoms with Gasteiger partial charge in [-0.15, -0.1) is 11.8 Å². The van der Waals surface area contributed by atoms with E-state index in [1.54, 1.807) is 24.0 Å². The molecule has 1 N–H and O–H groups in total. The standard InChI is InChI=1S/C15H13NO2S/c17-15(18)14-8-12(5-6-16-14)19-9-11-7-10-3-1-2-4-13(10)11/h1-6,8,11H,7,9H2,(H,17,18). The van der Waals surface area contributed by atoms with Crippen molar-refractivity contribution in [2.24, 2.45) is 0 Å². The van der Waals surface area contributed by atoms with Gasteiger partial charge in [0.25, 0.3) is 0 Å². The number of hydrogen-bond acceptors (Lipinski definition) is 3. The van der Waals surface area contributed by atoms with Crippen LogP contribution in [0.25, 0.3) is 0 Å². The van der Waals surface area contributed by atoms with Crippen molar-refractivity contribution >= 4 is 17.7 Å². The zero-order chi connectivity index (χ0) is 13.2. The number of pyridine rings is 1. The van der Waals surface area contributed by atoms with E-state index in [0.717, 1.165) is 17.1 Å². The molecular formula is C15H13NO2S. The van der Waals surface area contributed by atoms with Gasteiger partial charge in [0.1, 0.15) is 5.69 Å². The molecule has 0 radical (unpaired) electrons. The molecule has 1 atom stereocenters. The largest absolute Gasteiger partial charge is 0.477 e. The Morgan fingerprint density at radius 1 is 1.37 bits per heavy atom. The molecule has 0 bridgehead atoms. The fourth-order valence-electron chi connectivity index (χ4n) is 2.33. The zero-order valence-corrected chi connectivity index (χ0v) is 11.1. The van der Waals surface area contributed by atoms with Gasteiger partial charge in [0.2, 0.25) is 0 Å². The number of carbonyl (C=O) groups is 1. The highest BCUT2D eigenvalue weighted by Crippen LogP contribution is 2.38. The van der Waals surface area contributed by atoms with Crippen LogP contribution in [0.4, 0.5) is 0 Å². The topological polar surface area (TPSA) is 50.2 Å². The van der Waals surface area contributed by atoms with Crippen LogP contribution in [0.1, 0.15) is 27.5 Å². The second-order valence-corrected chi connectivity index (χ2v) is 5.69. The number of carboxylic acid groups (broad SMARTS) is 1. The number of benzene rings is 1. The van der Waals surface area contributed by atoms with Gasteiger partial charge < -0.3 is 5.11 Å². The van der Waals surface area contributed by atoms with Crippen LogP contribution in [0.3, 0.4) is 0 Å². The maximum atomic E-state index is 10.9. The first-order valence-corrected chi connectivity index (χ1v) is 7.12. The average molecular weight is 271 g/mol. The third kappa shape index (κ3) is 2.49. The molecule has 1 aliphatic rings. The second kappa shape index (κ2) is 5.05. The summed E-state index contributed by atoms with van der Waals surface area (Å²) in [5.74, 6) is 0.596. The van der Waals surface area contributed by atoms with Crippen LogP contribution in [-0.2, 0) is 6.42 Å². The molecule has 1 heterocycles. The van der Waals surface area contributed by atoms with Gasteiger partial charge >= 0.3 is 5.97 Å². The van der Waals surface area contributed by atoms with E-state index in [1.807, 2.05) is 6.07 Å². The first-order valence-electron chi connectivity index (χ1n) is 6.14. The Morgan fingerprint density at radius 2 is 2.21 bits per heavy atom. The van der Waals surface area contributed by atoms with Crippen LogP contribution in [0, 0.1) is 0 Å². The lowest BCUT2D eigenvalue weighted by Crippen LogP contribution is -2.18. The van der Waals surface area contributed by atoms with Crippen LogP contribution in [0.15, 0.2) is 47.5 Å². The highest BCUT2D eigenvalue weighted by Gasteiger charge is 2.25. The molecule has 19 heavy (non-hydrogen) atoms. The summed E-state index contributed by atoms with van der Waals surface area (Å²) in [6.07, 6.45) is 2.68. The SMILES string of the molecule is O=C(O)c1cc(SCC2Cc3ccccc32)ccn1. The lowest BCUT2D eigenvalue weighted by molar-refractivity contribution is 0.0690. The number of aromatic nitrogens is 1. The van der Waals surface area contributed by atoms with Crippen molar-refractivity contribution in [3.05, 3.63) is 59.4 Å². The molecule has 0 fully saturated rings. The van der Waals surface area contributed by atoms with Gasteiger partial charge in [-0.25, -0.2) is 9.78 Å². The Kier molecular flexibility index (Phi) is 3.25. The molecule has 1 aromatic heterocycles. The van der Waals surface area contributed by atoms with Crippen LogP contribution in [0.2, 0.25) is 0 Å². The quantitative estimate of drug-likeness (QED) is 0.867. The fraction of sp³-hybridized carbons (Fsp3) is 0.200. The van der Waals surface area contributed by atoms with Crippen molar-refractivity contribution in [1.82, 2.24) is 4.98 Å². The molecule has 1 aliphatic carbocycles. The number of aromatic carboxylic acids is 1. The summed E-state index contributed by atoms with van der Waals surface area (Å²) in [4.78, 5) is 15.6. The highest BCUT2D eigenvalue weighted by atomic mass is 32.2. The van der Waals surface area contributed by atoms with Gasteiger partial charge in [-0.2, -0.15) is 0 Å². The Balaban J connectivity index is 1.65. The first kappa shape index (κ1) is 12.2. The van der Waals surface area contributed by atoms with E-state index in [9.17, 15) is 4.79 Å². The number of fused-ring (bicyclic) bond motifs is 1. The van der Waals surface area contributed by atoms with Gasteiger partial charge in [0, 0.05) is 16.8 Å². The maximum absolute atomic E-state index is 10.9. The Labute approximate surface area is 115 Å². The molecule has 0 aliphatic heterocycles. The molecule has 3 nitrogen and oxygen atoms in total. The Morgan fingerprint density at radius 3 is 3.00 bits per heavy atom.